The van der Waals surface area contributed by atoms with Crippen molar-refractivity contribution in [1.82, 2.24) is 5.32 Å². The Hall–Kier alpha value is -2.31. The van der Waals surface area contributed by atoms with Gasteiger partial charge >= 0.3 is 0 Å². The third kappa shape index (κ3) is 58.2. The summed E-state index contributed by atoms with van der Waals surface area (Å²) in [4.78, 5) is 13.5. The van der Waals surface area contributed by atoms with Crippen LogP contribution >= 0.6 is 0 Å². The van der Waals surface area contributed by atoms with Crippen LogP contribution in [-0.4, -0.2) is 140 Å². The van der Waals surface area contributed by atoms with Crippen molar-refractivity contribution < 1.29 is 64.6 Å². The second-order valence-corrected chi connectivity index (χ2v) is 32.4. The fourth-order valence-corrected chi connectivity index (χ4v) is 15.3. The summed E-state index contributed by atoms with van der Waals surface area (Å²) in [5.74, 6) is -0.197. The van der Waals surface area contributed by atoms with Crippen LogP contribution in [0.2, 0.25) is 0 Å². The number of unbranched alkanes of at least 4 members (excludes halogenated alkanes) is 56. The molecule has 2 aliphatic heterocycles. The van der Waals surface area contributed by atoms with E-state index >= 15 is 0 Å². The van der Waals surface area contributed by atoms with E-state index in [4.69, 9.17) is 18.9 Å². The topological polar surface area (TPSA) is 228 Å². The largest absolute Gasteiger partial charge is 0.394 e. The van der Waals surface area contributed by atoms with Crippen LogP contribution in [0.5, 0.6) is 0 Å². The van der Waals surface area contributed by atoms with E-state index in [0.29, 0.717) is 12.8 Å². The summed E-state index contributed by atoms with van der Waals surface area (Å²) in [6, 6.07) is -0.830. The van der Waals surface area contributed by atoms with E-state index < -0.39 is 86.8 Å². The van der Waals surface area contributed by atoms with Gasteiger partial charge in [0, 0.05) is 6.42 Å². The average Bonchev–Trinajstić information content (AvgIpc) is 0.789. The van der Waals surface area contributed by atoms with E-state index in [1.807, 2.05) is 0 Å². The van der Waals surface area contributed by atoms with Crippen LogP contribution in [0.4, 0.5) is 0 Å². The molecule has 0 bridgehead atoms. The fraction of sp³-hybridized carbons (Fsp3) is 0.882. The maximum atomic E-state index is 13.5. The van der Waals surface area contributed by atoms with Gasteiger partial charge in [-0.3, -0.25) is 4.79 Å². The Bertz CT molecular complexity index is 2030. The molecular formula is C93H173NO13. The van der Waals surface area contributed by atoms with Gasteiger partial charge in [0.25, 0.3) is 0 Å². The monoisotopic (exact) mass is 1510 g/mol. The molecule has 2 heterocycles. The van der Waals surface area contributed by atoms with Gasteiger partial charge in [0.1, 0.15) is 48.8 Å². The van der Waals surface area contributed by atoms with Gasteiger partial charge in [0.2, 0.25) is 5.91 Å². The number of aliphatic hydroxyl groups is 8. The molecule has 0 aliphatic carbocycles. The Morgan fingerprint density at radius 1 is 0.346 bits per heavy atom. The van der Waals surface area contributed by atoms with Crippen molar-refractivity contribution >= 4 is 5.91 Å². The molecule has 2 fully saturated rings. The summed E-state index contributed by atoms with van der Waals surface area (Å²) in [6.45, 7) is 2.82. The Labute approximate surface area is 657 Å². The van der Waals surface area contributed by atoms with Gasteiger partial charge in [-0.15, -0.1) is 0 Å². The SMILES string of the molecule is CC/C=C\C/C=C\C/C=C\C/C=C\C/C=C\CCCCCCCCCCCCCCCCCCCCCCCCCCCC(=O)NC(COC1OC(CO)C(OC2OC(CO)C(O)C(O)C2O)C(O)C1O)C(O)CCCCCCCCCCCCCCCCCCCCCCCCCCCCCCCCCC. The minimum absolute atomic E-state index is 0.197. The number of carbonyl (C=O) groups excluding carboxylic acids is 1. The Morgan fingerprint density at radius 2 is 0.645 bits per heavy atom. The molecule has 0 aromatic heterocycles. The molecule has 0 spiro atoms. The minimum Gasteiger partial charge on any atom is -0.394 e. The van der Waals surface area contributed by atoms with Gasteiger partial charge in [-0.05, 0) is 57.8 Å². The van der Waals surface area contributed by atoms with Gasteiger partial charge in [0.15, 0.2) is 12.6 Å². The number of allylic oxidation sites excluding steroid dienone is 10. The molecular weight excluding hydrogens is 1340 g/mol. The molecule has 2 aliphatic rings. The number of carbonyl (C=O) groups is 1. The first kappa shape index (κ1) is 101. The van der Waals surface area contributed by atoms with Gasteiger partial charge in [-0.25, -0.2) is 0 Å². The van der Waals surface area contributed by atoms with E-state index in [-0.39, 0.29) is 12.5 Å². The van der Waals surface area contributed by atoms with E-state index in [1.165, 1.54) is 321 Å². The Kier molecular flexibility index (Phi) is 71.9. The van der Waals surface area contributed by atoms with Crippen LogP contribution in [0, 0.1) is 0 Å². The van der Waals surface area contributed by atoms with Crippen molar-refractivity contribution in [2.24, 2.45) is 0 Å². The average molecular weight is 1510 g/mol. The maximum Gasteiger partial charge on any atom is 0.220 e. The number of ether oxygens (including phenoxy) is 4. The predicted molar refractivity (Wildman–Crippen MR) is 447 cm³/mol. The highest BCUT2D eigenvalue weighted by molar-refractivity contribution is 5.76. The van der Waals surface area contributed by atoms with E-state index in [2.05, 4.69) is 79.9 Å². The molecule has 14 nitrogen and oxygen atoms in total. The molecule has 12 unspecified atom stereocenters. The van der Waals surface area contributed by atoms with Gasteiger partial charge in [-0.2, -0.15) is 0 Å². The van der Waals surface area contributed by atoms with Gasteiger partial charge in [-0.1, -0.05) is 428 Å². The summed E-state index contributed by atoms with van der Waals surface area (Å²) >= 11 is 0. The zero-order valence-corrected chi connectivity index (χ0v) is 69.4. The molecule has 628 valence electrons. The number of nitrogens with one attached hydrogen (secondary N) is 1. The molecule has 9 N–H and O–H groups in total. The van der Waals surface area contributed by atoms with Crippen molar-refractivity contribution in [1.29, 1.82) is 0 Å². The first-order chi connectivity index (χ1) is 52.6. The second kappa shape index (κ2) is 76.3. The number of amides is 1. The predicted octanol–water partition coefficient (Wildman–Crippen LogP) is 22.7. The van der Waals surface area contributed by atoms with Crippen molar-refractivity contribution in [3.63, 3.8) is 0 Å². The number of hydrogen-bond donors (Lipinski definition) is 9. The highest BCUT2D eigenvalue weighted by Gasteiger charge is 2.51. The van der Waals surface area contributed by atoms with Gasteiger partial charge < -0.3 is 65.1 Å². The molecule has 0 aromatic carbocycles. The second-order valence-electron chi connectivity index (χ2n) is 32.4. The molecule has 2 saturated heterocycles. The van der Waals surface area contributed by atoms with Gasteiger partial charge in [0.05, 0.1) is 32.0 Å². The summed E-state index contributed by atoms with van der Waals surface area (Å²) in [6.07, 6.45) is 88.8. The summed E-state index contributed by atoms with van der Waals surface area (Å²) in [7, 11) is 0. The zero-order valence-electron chi connectivity index (χ0n) is 69.4. The summed E-state index contributed by atoms with van der Waals surface area (Å²) < 4.78 is 23.0. The standard InChI is InChI=1S/C93H173NO13/c1-3-5-7-9-11-13-15-17-19-21-23-25-27-29-31-33-35-37-38-39-40-41-42-43-44-45-47-49-51-53-55-57-59-61-63-65-67-69-71-73-75-77-85(98)94-81(80-104-92-90(103)88(101)91(84(79-96)106-92)107-93-89(102)87(100)86(99)83(78-95)105-93)82(97)76-74-72-70-68-66-64-62-60-58-56-54-52-50-48-46-36-34-32-30-28-26-24-22-20-18-16-14-12-10-8-6-4-2/h5,7,11,13,17,19,23,25,29,31,81-84,86-93,95-97,99-103H,3-4,6,8-10,12,14-16,18,20-22,24,26-28,30,32-80H2,1-2H3,(H,94,98)/b7-5-,13-11-,19-17-,25-23-,31-29-. The quantitative estimate of drug-likeness (QED) is 0.0204. The summed E-state index contributed by atoms with van der Waals surface area (Å²) in [5.41, 5.74) is 0. The molecule has 1 amide bonds. The number of rotatable bonds is 79. The highest BCUT2D eigenvalue weighted by atomic mass is 16.7. The highest BCUT2D eigenvalue weighted by Crippen LogP contribution is 2.31. The van der Waals surface area contributed by atoms with Crippen molar-refractivity contribution in [2.45, 2.75) is 505 Å². The lowest BCUT2D eigenvalue weighted by Gasteiger charge is -2.46. The first-order valence-electron chi connectivity index (χ1n) is 46.0. The Morgan fingerprint density at radius 3 is 0.991 bits per heavy atom. The molecule has 14 heteroatoms. The van der Waals surface area contributed by atoms with E-state index in [1.54, 1.807) is 0 Å². The minimum atomic E-state index is -1.78. The van der Waals surface area contributed by atoms with Crippen molar-refractivity contribution in [3.05, 3.63) is 60.8 Å². The molecule has 12 atom stereocenters. The van der Waals surface area contributed by atoms with Crippen LogP contribution < -0.4 is 5.32 Å². The number of hydrogen-bond acceptors (Lipinski definition) is 13. The lowest BCUT2D eigenvalue weighted by Crippen LogP contribution is -2.65. The maximum absolute atomic E-state index is 13.5. The molecule has 2 rings (SSSR count). The molecule has 0 radical (unpaired) electrons. The van der Waals surface area contributed by atoms with Crippen LogP contribution in [0.25, 0.3) is 0 Å². The third-order valence-electron chi connectivity index (χ3n) is 22.5. The smallest absolute Gasteiger partial charge is 0.220 e. The van der Waals surface area contributed by atoms with Crippen LogP contribution in [0.3, 0.4) is 0 Å². The normalized spacial score (nSPS) is 21.4. The zero-order chi connectivity index (χ0) is 77.2. The molecule has 0 aromatic rings. The Balaban J connectivity index is 1.53. The molecule has 107 heavy (non-hydrogen) atoms. The van der Waals surface area contributed by atoms with E-state index in [9.17, 15) is 45.6 Å². The first-order valence-corrected chi connectivity index (χ1v) is 46.0. The van der Waals surface area contributed by atoms with Crippen LogP contribution in [0.15, 0.2) is 60.8 Å². The lowest BCUT2D eigenvalue weighted by molar-refractivity contribution is -0.359. The lowest BCUT2D eigenvalue weighted by atomic mass is 9.97. The number of aliphatic hydroxyl groups excluding tert-OH is 8. The van der Waals surface area contributed by atoms with Crippen LogP contribution in [0.1, 0.15) is 431 Å². The van der Waals surface area contributed by atoms with Crippen molar-refractivity contribution in [2.75, 3.05) is 19.8 Å². The third-order valence-corrected chi connectivity index (χ3v) is 22.5. The van der Waals surface area contributed by atoms with E-state index in [0.717, 1.165) is 83.5 Å². The summed E-state index contributed by atoms with van der Waals surface area (Å²) in [5, 5.41) is 88.1. The molecule has 0 saturated carbocycles. The fourth-order valence-electron chi connectivity index (χ4n) is 15.3. The van der Waals surface area contributed by atoms with Crippen molar-refractivity contribution in [3.8, 4) is 0 Å². The van der Waals surface area contributed by atoms with Crippen LogP contribution in [-0.2, 0) is 23.7 Å².